The molecule has 1 unspecified atom stereocenters. The summed E-state index contributed by atoms with van der Waals surface area (Å²) in [7, 11) is 1.42. The van der Waals surface area contributed by atoms with Gasteiger partial charge in [-0.2, -0.15) is 13.2 Å². The normalized spacial score (nSPS) is 17.4. The number of ether oxygens (including phenoxy) is 2. The van der Waals surface area contributed by atoms with Crippen LogP contribution in [0.4, 0.5) is 13.2 Å². The summed E-state index contributed by atoms with van der Waals surface area (Å²) in [6.45, 7) is 0.0955. The fraction of sp³-hybridized carbons (Fsp3) is 0.292. The van der Waals surface area contributed by atoms with Crippen molar-refractivity contribution in [1.82, 2.24) is 5.32 Å². The molecule has 1 saturated heterocycles. The number of carbonyl (C=O) groups excluding carboxylic acids is 1. The molecule has 2 heterocycles. The van der Waals surface area contributed by atoms with Gasteiger partial charge in [0.2, 0.25) is 5.91 Å². The van der Waals surface area contributed by atoms with E-state index < -0.39 is 30.7 Å². The molecule has 2 aromatic carbocycles. The fourth-order valence-corrected chi connectivity index (χ4v) is 4.09. The van der Waals surface area contributed by atoms with Crippen molar-refractivity contribution in [2.75, 3.05) is 13.7 Å². The number of aliphatic carboxylic acids is 1. The van der Waals surface area contributed by atoms with E-state index in [-0.39, 0.29) is 35.1 Å². The molecular weight excluding hydrogens is 453 g/mol. The lowest BCUT2D eigenvalue weighted by Gasteiger charge is -2.26. The Morgan fingerprint density at radius 1 is 1.21 bits per heavy atom. The molecule has 2 aliphatic heterocycles. The van der Waals surface area contributed by atoms with E-state index in [1.165, 1.54) is 19.2 Å². The van der Waals surface area contributed by atoms with Crippen LogP contribution in [0.2, 0.25) is 0 Å². The minimum atomic E-state index is -4.67. The van der Waals surface area contributed by atoms with Crippen molar-refractivity contribution in [1.29, 1.82) is 0 Å². The van der Waals surface area contributed by atoms with Crippen LogP contribution in [-0.2, 0) is 28.8 Å². The van der Waals surface area contributed by atoms with Crippen LogP contribution in [0.15, 0.2) is 53.0 Å². The van der Waals surface area contributed by atoms with E-state index in [1.807, 2.05) is 6.08 Å². The number of methoxy groups -OCH3 is 1. The standard InChI is InChI=1S/C24H21F3N2O5/c1-33-20-10-14(17-11-21(30)29-23-16(17)6-7-28-23)4-5-19(20)34-12-15-3-2-13(9-22(31)32)8-18(15)24(25,26)27/h2-6,8,10,17H,7,9,11-12H2,1H3,(H,31,32)(H,28,29,30). The third-order valence-corrected chi connectivity index (χ3v) is 5.67. The van der Waals surface area contributed by atoms with Crippen molar-refractivity contribution in [2.24, 2.45) is 4.99 Å². The average molecular weight is 474 g/mol. The van der Waals surface area contributed by atoms with Gasteiger partial charge in [-0.15, -0.1) is 0 Å². The minimum Gasteiger partial charge on any atom is -0.493 e. The molecule has 0 spiro atoms. The Morgan fingerprint density at radius 3 is 2.71 bits per heavy atom. The van der Waals surface area contributed by atoms with Crippen LogP contribution in [0.25, 0.3) is 0 Å². The van der Waals surface area contributed by atoms with Crippen molar-refractivity contribution in [3.63, 3.8) is 0 Å². The number of nitrogens with zero attached hydrogens (tertiary/aromatic N) is 1. The molecule has 2 aromatic rings. The average Bonchev–Trinajstić information content (AvgIpc) is 3.25. The van der Waals surface area contributed by atoms with Gasteiger partial charge in [-0.3, -0.25) is 14.6 Å². The van der Waals surface area contributed by atoms with Crippen molar-refractivity contribution >= 4 is 17.7 Å². The van der Waals surface area contributed by atoms with Crippen molar-refractivity contribution in [2.45, 2.75) is 31.5 Å². The van der Waals surface area contributed by atoms with Crippen molar-refractivity contribution in [3.05, 3.63) is 70.3 Å². The van der Waals surface area contributed by atoms with Crippen LogP contribution in [0.3, 0.4) is 0 Å². The van der Waals surface area contributed by atoms with E-state index >= 15 is 0 Å². The number of carboxylic acids is 1. The molecular formula is C24H21F3N2O5. The number of alkyl halides is 3. The number of benzene rings is 2. The third kappa shape index (κ3) is 4.90. The second-order valence-corrected chi connectivity index (χ2v) is 7.91. The van der Waals surface area contributed by atoms with Gasteiger partial charge in [-0.1, -0.05) is 24.3 Å². The molecule has 1 fully saturated rings. The molecule has 178 valence electrons. The maximum atomic E-state index is 13.6. The Hall–Kier alpha value is -3.82. The molecule has 4 rings (SSSR count). The van der Waals surface area contributed by atoms with Gasteiger partial charge < -0.3 is 19.9 Å². The highest BCUT2D eigenvalue weighted by atomic mass is 19.4. The molecule has 34 heavy (non-hydrogen) atoms. The first-order chi connectivity index (χ1) is 16.2. The summed E-state index contributed by atoms with van der Waals surface area (Å²) in [5, 5.41) is 11.6. The van der Waals surface area contributed by atoms with Gasteiger partial charge in [0.25, 0.3) is 0 Å². The Morgan fingerprint density at radius 2 is 2.00 bits per heavy atom. The van der Waals surface area contributed by atoms with Gasteiger partial charge in [-0.25, -0.2) is 0 Å². The Balaban J connectivity index is 1.57. The van der Waals surface area contributed by atoms with Crippen molar-refractivity contribution < 1.29 is 37.3 Å². The highest BCUT2D eigenvalue weighted by Crippen LogP contribution is 2.39. The number of piperidine rings is 1. The molecule has 2 N–H and O–H groups in total. The lowest BCUT2D eigenvalue weighted by molar-refractivity contribution is -0.139. The first-order valence-corrected chi connectivity index (χ1v) is 10.4. The number of amides is 1. The zero-order valence-corrected chi connectivity index (χ0v) is 18.1. The number of amidine groups is 1. The van der Waals surface area contributed by atoms with Gasteiger partial charge in [-0.05, 0) is 29.3 Å². The second kappa shape index (κ2) is 9.20. The first kappa shape index (κ1) is 23.3. The summed E-state index contributed by atoms with van der Waals surface area (Å²) in [6.07, 6.45) is -2.99. The smallest absolute Gasteiger partial charge is 0.416 e. The number of fused-ring (bicyclic) bond motifs is 1. The molecule has 0 bridgehead atoms. The van der Waals surface area contributed by atoms with E-state index in [1.54, 1.807) is 18.2 Å². The fourth-order valence-electron chi connectivity index (χ4n) is 4.09. The molecule has 0 aliphatic carbocycles. The minimum absolute atomic E-state index is 0.0474. The van der Waals surface area contributed by atoms with Gasteiger partial charge in [0.15, 0.2) is 11.5 Å². The molecule has 0 radical (unpaired) electrons. The number of carbonyl (C=O) groups is 2. The van der Waals surface area contributed by atoms with Gasteiger partial charge in [0.05, 0.1) is 25.6 Å². The maximum Gasteiger partial charge on any atom is 0.416 e. The number of rotatable bonds is 7. The van der Waals surface area contributed by atoms with E-state index in [0.29, 0.717) is 18.1 Å². The van der Waals surface area contributed by atoms with Crippen LogP contribution in [0.1, 0.15) is 34.6 Å². The van der Waals surface area contributed by atoms with Crippen LogP contribution >= 0.6 is 0 Å². The summed E-state index contributed by atoms with van der Waals surface area (Å²) < 4.78 is 51.7. The summed E-state index contributed by atoms with van der Waals surface area (Å²) in [6, 6.07) is 8.43. The highest BCUT2D eigenvalue weighted by molar-refractivity contribution is 6.12. The summed E-state index contributed by atoms with van der Waals surface area (Å²) in [5.41, 5.74) is 0.690. The molecule has 2 aliphatic rings. The highest BCUT2D eigenvalue weighted by Gasteiger charge is 2.34. The van der Waals surface area contributed by atoms with Crippen molar-refractivity contribution in [3.8, 4) is 11.5 Å². The Labute approximate surface area is 192 Å². The third-order valence-electron chi connectivity index (χ3n) is 5.67. The molecule has 0 aromatic heterocycles. The monoisotopic (exact) mass is 474 g/mol. The number of carboxylic acid groups (broad SMARTS) is 1. The lowest BCUT2D eigenvalue weighted by Crippen LogP contribution is -2.38. The zero-order valence-electron chi connectivity index (χ0n) is 18.1. The summed E-state index contributed by atoms with van der Waals surface area (Å²) in [4.78, 5) is 27.2. The van der Waals surface area contributed by atoms with E-state index in [0.717, 1.165) is 17.2 Å². The van der Waals surface area contributed by atoms with Gasteiger partial charge >= 0.3 is 12.1 Å². The van der Waals surface area contributed by atoms with Gasteiger partial charge in [0.1, 0.15) is 12.4 Å². The van der Waals surface area contributed by atoms with Gasteiger partial charge in [0, 0.05) is 23.5 Å². The summed E-state index contributed by atoms with van der Waals surface area (Å²) >= 11 is 0. The molecule has 7 nitrogen and oxygen atoms in total. The van der Waals surface area contributed by atoms with E-state index in [4.69, 9.17) is 14.6 Å². The molecule has 1 atom stereocenters. The van der Waals surface area contributed by atoms with E-state index in [2.05, 4.69) is 10.3 Å². The lowest BCUT2D eigenvalue weighted by atomic mass is 9.85. The largest absolute Gasteiger partial charge is 0.493 e. The first-order valence-electron chi connectivity index (χ1n) is 10.4. The number of aliphatic imine (C=N–C) groups is 1. The van der Waals surface area contributed by atoms with E-state index in [9.17, 15) is 22.8 Å². The number of hydrogen-bond acceptors (Lipinski definition) is 5. The van der Waals surface area contributed by atoms with Crippen LogP contribution < -0.4 is 14.8 Å². The summed E-state index contributed by atoms with van der Waals surface area (Å²) in [5.74, 6) is -0.458. The number of hydrogen-bond donors (Lipinski definition) is 2. The molecule has 0 saturated carbocycles. The second-order valence-electron chi connectivity index (χ2n) is 7.91. The quantitative estimate of drug-likeness (QED) is 0.635. The number of nitrogens with one attached hydrogen (secondary N) is 1. The molecule has 10 heteroatoms. The molecule has 1 amide bonds. The predicted molar refractivity (Wildman–Crippen MR) is 116 cm³/mol. The SMILES string of the molecule is COc1cc(C2CC(=O)NC3=NCC=C32)ccc1OCc1ccc(CC(=O)O)cc1C(F)(F)F. The van der Waals surface area contributed by atoms with Crippen LogP contribution in [0.5, 0.6) is 11.5 Å². The Bertz CT molecular complexity index is 1200. The van der Waals surface area contributed by atoms with Crippen LogP contribution in [-0.4, -0.2) is 36.5 Å². The topological polar surface area (TPSA) is 97.2 Å². The zero-order chi connectivity index (χ0) is 24.5. The van der Waals surface area contributed by atoms with Crippen LogP contribution in [0, 0.1) is 0 Å². The Kier molecular flexibility index (Phi) is 6.32. The maximum absolute atomic E-state index is 13.6. The number of halogens is 3. The predicted octanol–water partition coefficient (Wildman–Crippen LogP) is 3.86.